The Hall–Kier alpha value is -0.780. The molecule has 1 rings (SSSR count). The molecule has 4 nitrogen and oxygen atoms in total. The molecule has 0 radical (unpaired) electrons. The fourth-order valence-corrected chi connectivity index (χ4v) is 2.14. The number of amides is 1. The summed E-state index contributed by atoms with van der Waals surface area (Å²) >= 11 is 3.38. The predicted molar refractivity (Wildman–Crippen MR) is 88.7 cm³/mol. The second kappa shape index (κ2) is 10.9. The smallest absolute Gasteiger partial charge is 0.224 e. The van der Waals surface area contributed by atoms with E-state index in [4.69, 9.17) is 10.5 Å². The van der Waals surface area contributed by atoms with Crippen LogP contribution in [0.3, 0.4) is 0 Å². The van der Waals surface area contributed by atoms with E-state index in [-0.39, 0.29) is 18.3 Å². The van der Waals surface area contributed by atoms with Gasteiger partial charge in [0.15, 0.2) is 0 Å². The summed E-state index contributed by atoms with van der Waals surface area (Å²) in [5.41, 5.74) is 6.12. The standard InChI is InChI=1S/C14H21BrN2O2.ClH/c1-19-13-8-7-11(15)10-12(13)17-14(18)6-4-2-3-5-9-16;/h7-8,10H,2-6,9,16H2,1H3,(H,17,18);1H. The number of carbonyl (C=O) groups is 1. The molecule has 0 aromatic heterocycles. The SMILES string of the molecule is COc1ccc(Br)cc1NC(=O)CCCCCCN.Cl. The lowest BCUT2D eigenvalue weighted by atomic mass is 10.1. The highest BCUT2D eigenvalue weighted by atomic mass is 79.9. The third kappa shape index (κ3) is 7.12. The van der Waals surface area contributed by atoms with Crippen molar-refractivity contribution in [3.63, 3.8) is 0 Å². The van der Waals surface area contributed by atoms with Gasteiger partial charge in [-0.3, -0.25) is 4.79 Å². The molecule has 1 aromatic rings. The summed E-state index contributed by atoms with van der Waals surface area (Å²) in [6, 6.07) is 5.54. The Balaban J connectivity index is 0.00000361. The number of hydrogen-bond acceptors (Lipinski definition) is 3. The Bertz CT molecular complexity index is 416. The molecule has 0 aliphatic carbocycles. The number of carbonyl (C=O) groups excluding carboxylic acids is 1. The Morgan fingerprint density at radius 3 is 2.65 bits per heavy atom. The quantitative estimate of drug-likeness (QED) is 0.690. The van der Waals surface area contributed by atoms with Gasteiger partial charge in [0.25, 0.3) is 0 Å². The lowest BCUT2D eigenvalue weighted by Crippen LogP contribution is -2.12. The zero-order valence-electron chi connectivity index (χ0n) is 11.7. The van der Waals surface area contributed by atoms with Crippen LogP contribution in [0.5, 0.6) is 5.75 Å². The zero-order valence-corrected chi connectivity index (χ0v) is 14.1. The maximum Gasteiger partial charge on any atom is 0.224 e. The van der Waals surface area contributed by atoms with Crippen molar-refractivity contribution in [2.75, 3.05) is 19.0 Å². The number of unbranched alkanes of at least 4 members (excludes halogenated alkanes) is 3. The molecule has 0 aliphatic heterocycles. The van der Waals surface area contributed by atoms with Gasteiger partial charge < -0.3 is 15.8 Å². The van der Waals surface area contributed by atoms with Crippen LogP contribution in [-0.4, -0.2) is 19.6 Å². The summed E-state index contributed by atoms with van der Waals surface area (Å²) in [6.07, 6.45) is 4.58. The van der Waals surface area contributed by atoms with Crippen molar-refractivity contribution >= 4 is 39.9 Å². The van der Waals surface area contributed by atoms with Gasteiger partial charge in [-0.05, 0) is 37.6 Å². The third-order valence-corrected chi connectivity index (χ3v) is 3.29. The van der Waals surface area contributed by atoms with Gasteiger partial charge in [-0.2, -0.15) is 0 Å². The van der Waals surface area contributed by atoms with Crippen LogP contribution in [0.15, 0.2) is 22.7 Å². The summed E-state index contributed by atoms with van der Waals surface area (Å²) in [6.45, 7) is 0.724. The molecular weight excluding hydrogens is 344 g/mol. The van der Waals surface area contributed by atoms with Crippen molar-refractivity contribution < 1.29 is 9.53 Å². The highest BCUT2D eigenvalue weighted by Gasteiger charge is 2.07. The number of methoxy groups -OCH3 is 1. The highest BCUT2D eigenvalue weighted by Crippen LogP contribution is 2.28. The molecule has 0 spiro atoms. The Kier molecular flexibility index (Phi) is 10.5. The molecule has 1 aromatic carbocycles. The molecule has 1 amide bonds. The van der Waals surface area contributed by atoms with E-state index >= 15 is 0 Å². The van der Waals surface area contributed by atoms with E-state index in [1.165, 1.54) is 0 Å². The topological polar surface area (TPSA) is 64.3 Å². The number of rotatable bonds is 8. The molecular formula is C14H22BrClN2O2. The summed E-state index contributed by atoms with van der Waals surface area (Å²) in [4.78, 5) is 11.8. The molecule has 3 N–H and O–H groups in total. The average Bonchev–Trinajstić information content (AvgIpc) is 2.39. The first-order valence-corrected chi connectivity index (χ1v) is 7.30. The molecule has 114 valence electrons. The molecule has 0 fully saturated rings. The van der Waals surface area contributed by atoms with Crippen LogP contribution in [0.2, 0.25) is 0 Å². The van der Waals surface area contributed by atoms with E-state index in [0.29, 0.717) is 17.9 Å². The fourth-order valence-electron chi connectivity index (χ4n) is 1.77. The number of anilines is 1. The Labute approximate surface area is 135 Å². The van der Waals surface area contributed by atoms with E-state index in [2.05, 4.69) is 21.2 Å². The molecule has 0 atom stereocenters. The van der Waals surface area contributed by atoms with Crippen LogP contribution in [0.4, 0.5) is 5.69 Å². The predicted octanol–water partition coefficient (Wildman–Crippen LogP) is 3.73. The second-order valence-electron chi connectivity index (χ2n) is 4.35. The van der Waals surface area contributed by atoms with Crippen LogP contribution >= 0.6 is 28.3 Å². The molecule has 20 heavy (non-hydrogen) atoms. The number of nitrogens with one attached hydrogen (secondary N) is 1. The van der Waals surface area contributed by atoms with Crippen LogP contribution in [-0.2, 0) is 4.79 Å². The average molecular weight is 366 g/mol. The monoisotopic (exact) mass is 364 g/mol. The Morgan fingerprint density at radius 2 is 2.00 bits per heavy atom. The van der Waals surface area contributed by atoms with Gasteiger partial charge in [0.1, 0.15) is 5.75 Å². The number of benzene rings is 1. The molecule has 0 aliphatic rings. The minimum Gasteiger partial charge on any atom is -0.495 e. The van der Waals surface area contributed by atoms with Crippen molar-refractivity contribution in [2.45, 2.75) is 32.1 Å². The summed E-state index contributed by atoms with van der Waals surface area (Å²) in [5, 5.41) is 2.87. The maximum atomic E-state index is 11.8. The maximum absolute atomic E-state index is 11.8. The van der Waals surface area contributed by atoms with E-state index in [1.807, 2.05) is 18.2 Å². The van der Waals surface area contributed by atoms with Crippen molar-refractivity contribution in [3.8, 4) is 5.75 Å². The van der Waals surface area contributed by atoms with Gasteiger partial charge >= 0.3 is 0 Å². The fraction of sp³-hybridized carbons (Fsp3) is 0.500. The van der Waals surface area contributed by atoms with E-state index < -0.39 is 0 Å². The van der Waals surface area contributed by atoms with Crippen molar-refractivity contribution in [1.29, 1.82) is 0 Å². The Morgan fingerprint density at radius 1 is 1.30 bits per heavy atom. The van der Waals surface area contributed by atoms with Crippen LogP contribution in [0.1, 0.15) is 32.1 Å². The summed E-state index contributed by atoms with van der Waals surface area (Å²) in [7, 11) is 1.59. The molecule has 0 saturated heterocycles. The number of nitrogens with two attached hydrogens (primary N) is 1. The molecule has 0 unspecified atom stereocenters. The molecule has 0 bridgehead atoms. The molecule has 0 saturated carbocycles. The minimum atomic E-state index is 0. The second-order valence-corrected chi connectivity index (χ2v) is 5.26. The lowest BCUT2D eigenvalue weighted by Gasteiger charge is -2.10. The summed E-state index contributed by atoms with van der Waals surface area (Å²) < 4.78 is 6.12. The number of ether oxygens (including phenoxy) is 1. The van der Waals surface area contributed by atoms with Gasteiger partial charge in [-0.15, -0.1) is 12.4 Å². The summed E-state index contributed by atoms with van der Waals surface area (Å²) in [5.74, 6) is 0.684. The first-order chi connectivity index (χ1) is 9.17. The van der Waals surface area contributed by atoms with Gasteiger partial charge in [-0.25, -0.2) is 0 Å². The first-order valence-electron chi connectivity index (χ1n) is 6.51. The lowest BCUT2D eigenvalue weighted by molar-refractivity contribution is -0.116. The van der Waals surface area contributed by atoms with E-state index in [0.717, 1.165) is 36.7 Å². The number of halogens is 2. The van der Waals surface area contributed by atoms with Crippen LogP contribution in [0.25, 0.3) is 0 Å². The van der Waals surface area contributed by atoms with Crippen LogP contribution < -0.4 is 15.8 Å². The van der Waals surface area contributed by atoms with Gasteiger partial charge in [0, 0.05) is 10.9 Å². The number of hydrogen-bond donors (Lipinski definition) is 2. The third-order valence-electron chi connectivity index (χ3n) is 2.79. The first kappa shape index (κ1) is 19.2. The van der Waals surface area contributed by atoms with E-state index in [1.54, 1.807) is 7.11 Å². The molecule has 6 heteroatoms. The highest BCUT2D eigenvalue weighted by molar-refractivity contribution is 9.10. The van der Waals surface area contributed by atoms with Gasteiger partial charge in [0.05, 0.1) is 12.8 Å². The minimum absolute atomic E-state index is 0. The van der Waals surface area contributed by atoms with E-state index in [9.17, 15) is 4.79 Å². The normalized spacial score (nSPS) is 9.75. The van der Waals surface area contributed by atoms with Crippen molar-refractivity contribution in [1.82, 2.24) is 0 Å². The van der Waals surface area contributed by atoms with Crippen molar-refractivity contribution in [3.05, 3.63) is 22.7 Å². The van der Waals surface area contributed by atoms with Crippen molar-refractivity contribution in [2.24, 2.45) is 5.73 Å². The van der Waals surface area contributed by atoms with Gasteiger partial charge in [-0.1, -0.05) is 28.8 Å². The zero-order chi connectivity index (χ0) is 14.1. The molecule has 0 heterocycles. The van der Waals surface area contributed by atoms with Gasteiger partial charge in [0.2, 0.25) is 5.91 Å². The largest absolute Gasteiger partial charge is 0.495 e. The van der Waals surface area contributed by atoms with Crippen LogP contribution in [0, 0.1) is 0 Å².